The molecule has 0 spiro atoms. The fraction of sp³-hybridized carbons (Fsp3) is 0.273. The third-order valence-electron chi connectivity index (χ3n) is 2.09. The van der Waals surface area contributed by atoms with Crippen LogP contribution in [0, 0.1) is 17.1 Å². The number of benzene rings is 1. The van der Waals surface area contributed by atoms with E-state index in [1.165, 1.54) is 43.3 Å². The highest BCUT2D eigenvalue weighted by atomic mass is 19.1. The molecular weight excluding hydrogens is 211 g/mol. The molecule has 4 nitrogen and oxygen atoms in total. The van der Waals surface area contributed by atoms with E-state index in [0.717, 1.165) is 0 Å². The van der Waals surface area contributed by atoms with Crippen molar-refractivity contribution in [2.24, 2.45) is 0 Å². The molecule has 0 N–H and O–H groups in total. The van der Waals surface area contributed by atoms with E-state index in [0.29, 0.717) is 11.3 Å². The topological polar surface area (TPSA) is 53.3 Å². The lowest BCUT2D eigenvalue weighted by molar-refractivity contribution is -0.124. The van der Waals surface area contributed by atoms with E-state index in [4.69, 9.17) is 10.00 Å². The number of halogens is 1. The average Bonchev–Trinajstić information content (AvgIpc) is 2.28. The number of carbonyl (C=O) groups excluding carboxylic acids is 1. The van der Waals surface area contributed by atoms with Gasteiger partial charge in [-0.15, -0.1) is 0 Å². The normalized spacial score (nSPS) is 9.38. The summed E-state index contributed by atoms with van der Waals surface area (Å²) in [5, 5.41) is 8.42. The Morgan fingerprint density at radius 1 is 1.62 bits per heavy atom. The molecule has 0 unspecified atom stereocenters. The Morgan fingerprint density at radius 3 is 2.88 bits per heavy atom. The highest BCUT2D eigenvalue weighted by Crippen LogP contribution is 2.20. The number of methoxy groups -OCH3 is 1. The number of amides is 1. The molecule has 0 aliphatic carbocycles. The zero-order valence-corrected chi connectivity index (χ0v) is 9.03. The summed E-state index contributed by atoms with van der Waals surface area (Å²) in [5.41, 5.74) is 0.522. The van der Waals surface area contributed by atoms with Gasteiger partial charge in [0.2, 0.25) is 0 Å². The van der Waals surface area contributed by atoms with Gasteiger partial charge in [-0.1, -0.05) is 0 Å². The smallest absolute Gasteiger partial charge is 0.325 e. The summed E-state index contributed by atoms with van der Waals surface area (Å²) in [6.45, 7) is 0.132. The number of carbonyl (C=O) groups is 1. The lowest BCUT2D eigenvalue weighted by atomic mass is 10.2. The average molecular weight is 222 g/mol. The molecule has 0 saturated heterocycles. The third kappa shape index (κ3) is 2.70. The van der Waals surface area contributed by atoms with Crippen LogP contribution in [0.25, 0.3) is 0 Å². The number of nitrogens with zero attached hydrogens (tertiary/aromatic N) is 2. The van der Waals surface area contributed by atoms with Crippen molar-refractivity contribution in [2.45, 2.75) is 6.54 Å². The van der Waals surface area contributed by atoms with Crippen LogP contribution in [0.2, 0.25) is 0 Å². The van der Waals surface area contributed by atoms with Crippen LogP contribution in [-0.4, -0.2) is 25.0 Å². The Bertz CT molecular complexity index is 440. The van der Waals surface area contributed by atoms with Gasteiger partial charge in [0.15, 0.2) is 6.07 Å². The molecule has 0 fully saturated rings. The summed E-state index contributed by atoms with van der Waals surface area (Å²) >= 11 is 0. The molecule has 0 heterocycles. The van der Waals surface area contributed by atoms with Gasteiger partial charge in [0.25, 0.3) is 0 Å². The van der Waals surface area contributed by atoms with E-state index in [1.807, 2.05) is 0 Å². The van der Waals surface area contributed by atoms with Gasteiger partial charge in [-0.05, 0) is 18.2 Å². The first kappa shape index (κ1) is 12.0. The molecule has 0 saturated carbocycles. The van der Waals surface area contributed by atoms with Crippen molar-refractivity contribution in [2.75, 3.05) is 14.2 Å². The Morgan fingerprint density at radius 2 is 2.31 bits per heavy atom. The van der Waals surface area contributed by atoms with E-state index < -0.39 is 11.7 Å². The summed E-state index contributed by atoms with van der Waals surface area (Å²) in [6, 6.07) is 5.52. The first-order chi connectivity index (χ1) is 7.58. The number of hydrogen-bond donors (Lipinski definition) is 0. The second-order valence-electron chi connectivity index (χ2n) is 3.23. The molecule has 5 heteroatoms. The molecule has 0 radical (unpaired) electrons. The van der Waals surface area contributed by atoms with Gasteiger partial charge in [0, 0.05) is 12.6 Å². The molecule has 0 atom stereocenters. The highest BCUT2D eigenvalue weighted by molar-refractivity contribution is 5.90. The van der Waals surface area contributed by atoms with E-state index in [-0.39, 0.29) is 6.54 Å². The summed E-state index contributed by atoms with van der Waals surface area (Å²) in [6.07, 6.45) is 0. The third-order valence-corrected chi connectivity index (χ3v) is 2.09. The van der Waals surface area contributed by atoms with Crippen LogP contribution >= 0.6 is 0 Å². The predicted octanol–water partition coefficient (Wildman–Crippen LogP) is 1.32. The van der Waals surface area contributed by atoms with Crippen LogP contribution in [0.5, 0.6) is 5.75 Å². The number of rotatable bonds is 3. The number of hydrogen-bond acceptors (Lipinski definition) is 3. The minimum Gasteiger partial charge on any atom is -0.496 e. The van der Waals surface area contributed by atoms with Gasteiger partial charge in [-0.2, -0.15) is 5.26 Å². The van der Waals surface area contributed by atoms with Gasteiger partial charge in [0.1, 0.15) is 11.6 Å². The van der Waals surface area contributed by atoms with Gasteiger partial charge >= 0.3 is 5.91 Å². The minimum absolute atomic E-state index is 0.132. The molecular formula is C11H11FN2O2. The maximum Gasteiger partial charge on any atom is 0.325 e. The van der Waals surface area contributed by atoms with Crippen LogP contribution in [0.15, 0.2) is 18.2 Å². The standard InChI is InChI=1S/C11H11FN2O2/c1-14(11(15)6-13)7-8-5-9(12)3-4-10(8)16-2/h3-5H,7H2,1-2H3. The van der Waals surface area contributed by atoms with E-state index >= 15 is 0 Å². The van der Waals surface area contributed by atoms with Crippen LogP contribution in [-0.2, 0) is 11.3 Å². The van der Waals surface area contributed by atoms with Gasteiger partial charge in [-0.3, -0.25) is 4.79 Å². The summed E-state index contributed by atoms with van der Waals surface area (Å²) in [4.78, 5) is 12.2. The maximum absolute atomic E-state index is 13.0. The first-order valence-corrected chi connectivity index (χ1v) is 4.56. The zero-order valence-electron chi connectivity index (χ0n) is 9.03. The summed E-state index contributed by atoms with van der Waals surface area (Å²) in [7, 11) is 2.93. The molecule has 1 aromatic carbocycles. The molecule has 0 aromatic heterocycles. The molecule has 84 valence electrons. The van der Waals surface area contributed by atoms with Crippen molar-refractivity contribution < 1.29 is 13.9 Å². The van der Waals surface area contributed by atoms with Crippen molar-refractivity contribution in [1.29, 1.82) is 5.26 Å². The van der Waals surface area contributed by atoms with E-state index in [9.17, 15) is 9.18 Å². The summed E-state index contributed by atoms with van der Waals surface area (Å²) in [5.74, 6) is -0.598. The molecule has 1 aromatic rings. The van der Waals surface area contributed by atoms with E-state index in [2.05, 4.69) is 0 Å². The Balaban J connectivity index is 2.92. The molecule has 0 bridgehead atoms. The van der Waals surface area contributed by atoms with Crippen molar-refractivity contribution in [1.82, 2.24) is 4.90 Å². The second-order valence-corrected chi connectivity index (χ2v) is 3.23. The Kier molecular flexibility index (Phi) is 3.84. The van der Waals surface area contributed by atoms with Gasteiger partial charge in [0.05, 0.1) is 13.7 Å². The van der Waals surface area contributed by atoms with Gasteiger partial charge < -0.3 is 9.64 Å². The van der Waals surface area contributed by atoms with Crippen molar-refractivity contribution >= 4 is 5.91 Å². The van der Waals surface area contributed by atoms with Crippen molar-refractivity contribution in [3.63, 3.8) is 0 Å². The first-order valence-electron chi connectivity index (χ1n) is 4.56. The Hall–Kier alpha value is -2.09. The lowest BCUT2D eigenvalue weighted by Crippen LogP contribution is -2.24. The quantitative estimate of drug-likeness (QED) is 0.725. The monoisotopic (exact) mass is 222 g/mol. The SMILES string of the molecule is COc1ccc(F)cc1CN(C)C(=O)C#N. The van der Waals surface area contributed by atoms with Crippen LogP contribution in [0.1, 0.15) is 5.56 Å². The minimum atomic E-state index is -0.675. The van der Waals surface area contributed by atoms with Crippen molar-refractivity contribution in [3.8, 4) is 11.8 Å². The molecule has 0 aliphatic rings. The fourth-order valence-electron chi connectivity index (χ4n) is 1.28. The molecule has 16 heavy (non-hydrogen) atoms. The van der Waals surface area contributed by atoms with E-state index in [1.54, 1.807) is 0 Å². The van der Waals surface area contributed by atoms with Crippen LogP contribution < -0.4 is 4.74 Å². The van der Waals surface area contributed by atoms with Crippen molar-refractivity contribution in [3.05, 3.63) is 29.6 Å². The largest absolute Gasteiger partial charge is 0.496 e. The second kappa shape index (κ2) is 5.12. The molecule has 0 aliphatic heterocycles. The predicted molar refractivity (Wildman–Crippen MR) is 55.0 cm³/mol. The molecule has 1 amide bonds. The molecule has 1 rings (SSSR count). The van der Waals surface area contributed by atoms with Crippen LogP contribution in [0.4, 0.5) is 4.39 Å². The maximum atomic E-state index is 13.0. The lowest BCUT2D eigenvalue weighted by Gasteiger charge is -2.15. The highest BCUT2D eigenvalue weighted by Gasteiger charge is 2.11. The summed E-state index contributed by atoms with van der Waals surface area (Å²) < 4.78 is 18.0. The number of ether oxygens (including phenoxy) is 1. The van der Waals surface area contributed by atoms with Crippen LogP contribution in [0.3, 0.4) is 0 Å². The van der Waals surface area contributed by atoms with Gasteiger partial charge in [-0.25, -0.2) is 4.39 Å². The zero-order chi connectivity index (χ0) is 12.1. The Labute approximate surface area is 92.8 Å². The number of nitriles is 1. The fourth-order valence-corrected chi connectivity index (χ4v) is 1.28.